The van der Waals surface area contributed by atoms with Gasteiger partial charge in [0.25, 0.3) is 11.8 Å². The number of halogens is 1. The molecule has 5 heterocycles. The number of carbonyl (C=O) groups excluding carboxylic acids is 4. The van der Waals surface area contributed by atoms with Crippen molar-refractivity contribution >= 4 is 46.1 Å². The average molecular weight is 798 g/mol. The number of fused-ring (bicyclic) bond motifs is 3. The van der Waals surface area contributed by atoms with Crippen molar-refractivity contribution in [3.63, 3.8) is 0 Å². The number of piperidine rings is 2. The van der Waals surface area contributed by atoms with E-state index in [-0.39, 0.29) is 47.6 Å². The third-order valence-corrected chi connectivity index (χ3v) is 13.1. The number of amides is 4. The van der Waals surface area contributed by atoms with E-state index in [9.17, 15) is 29.4 Å². The molecular formula is C47H48FN5O6. The van der Waals surface area contributed by atoms with E-state index in [4.69, 9.17) is 0 Å². The summed E-state index contributed by atoms with van der Waals surface area (Å²) < 4.78 is 15.8. The van der Waals surface area contributed by atoms with Crippen molar-refractivity contribution in [1.82, 2.24) is 15.1 Å². The molecule has 0 aromatic heterocycles. The van der Waals surface area contributed by atoms with Gasteiger partial charge in [-0.1, -0.05) is 43.3 Å². The molecule has 4 amide bonds. The van der Waals surface area contributed by atoms with Crippen LogP contribution < -0.4 is 15.1 Å². The van der Waals surface area contributed by atoms with E-state index in [2.05, 4.69) is 46.3 Å². The highest BCUT2D eigenvalue weighted by Gasteiger charge is 2.46. The van der Waals surface area contributed by atoms with Crippen LogP contribution in [0.5, 0.6) is 11.5 Å². The first kappa shape index (κ1) is 38.5. The zero-order valence-corrected chi connectivity index (χ0v) is 33.1. The number of phenolic OH excluding ortho intramolecular Hbond substituents is 2. The summed E-state index contributed by atoms with van der Waals surface area (Å²) in [5.41, 5.74) is 6.94. The highest BCUT2D eigenvalue weighted by molar-refractivity contribution is 6.23. The fourth-order valence-electron chi connectivity index (χ4n) is 10.0. The number of nitrogens with one attached hydrogen (secondary N) is 1. The molecule has 0 aliphatic carbocycles. The molecule has 3 atom stereocenters. The maximum Gasteiger partial charge on any atom is 0.262 e. The van der Waals surface area contributed by atoms with Gasteiger partial charge in [0.2, 0.25) is 11.8 Å². The maximum absolute atomic E-state index is 15.8. The second-order valence-corrected chi connectivity index (χ2v) is 16.6. The van der Waals surface area contributed by atoms with Crippen molar-refractivity contribution in [1.29, 1.82) is 0 Å². The van der Waals surface area contributed by atoms with Crippen molar-refractivity contribution < 1.29 is 33.8 Å². The fraction of sp³-hybridized carbons (Fsp3) is 0.362. The van der Waals surface area contributed by atoms with Crippen LogP contribution in [0.15, 0.2) is 84.9 Å². The van der Waals surface area contributed by atoms with Gasteiger partial charge in [0.1, 0.15) is 23.4 Å². The van der Waals surface area contributed by atoms with Gasteiger partial charge in [-0.25, -0.2) is 4.39 Å². The number of benzene rings is 4. The number of imide groups is 2. The minimum absolute atomic E-state index is 0.0242. The summed E-state index contributed by atoms with van der Waals surface area (Å²) in [5, 5.41) is 22.2. The summed E-state index contributed by atoms with van der Waals surface area (Å²) in [6.07, 6.45) is 5.04. The predicted molar refractivity (Wildman–Crippen MR) is 223 cm³/mol. The Morgan fingerprint density at radius 3 is 1.85 bits per heavy atom. The van der Waals surface area contributed by atoms with Crippen molar-refractivity contribution in [3.05, 3.63) is 119 Å². The maximum atomic E-state index is 15.8. The first-order valence-corrected chi connectivity index (χ1v) is 20.8. The number of aromatic hydroxyl groups is 2. The van der Waals surface area contributed by atoms with Gasteiger partial charge in [0, 0.05) is 56.9 Å². The van der Waals surface area contributed by atoms with Gasteiger partial charge < -0.3 is 20.0 Å². The summed E-state index contributed by atoms with van der Waals surface area (Å²) in [6.45, 7) is 6.30. The second-order valence-electron chi connectivity index (χ2n) is 16.6. The molecule has 0 saturated carbocycles. The highest BCUT2D eigenvalue weighted by atomic mass is 19.1. The number of piperazine rings is 1. The van der Waals surface area contributed by atoms with Crippen LogP contribution in [0.1, 0.15) is 89.3 Å². The number of hydrogen-bond donors (Lipinski definition) is 3. The molecule has 0 radical (unpaired) electrons. The van der Waals surface area contributed by atoms with Gasteiger partial charge in [0.15, 0.2) is 0 Å². The first-order chi connectivity index (χ1) is 28.6. The smallest absolute Gasteiger partial charge is 0.262 e. The van der Waals surface area contributed by atoms with E-state index in [1.54, 1.807) is 24.3 Å². The van der Waals surface area contributed by atoms with Crippen LogP contribution in [0.25, 0.3) is 11.1 Å². The normalized spacial score (nSPS) is 22.8. The Hall–Kier alpha value is -6.01. The lowest BCUT2D eigenvalue weighted by Gasteiger charge is -2.44. The molecule has 0 spiro atoms. The molecule has 4 aromatic rings. The number of hydrogen-bond acceptors (Lipinski definition) is 9. The highest BCUT2D eigenvalue weighted by Crippen LogP contribution is 2.40. The van der Waals surface area contributed by atoms with Crippen LogP contribution in [-0.2, 0) is 9.59 Å². The Labute approximate surface area is 342 Å². The van der Waals surface area contributed by atoms with Gasteiger partial charge in [-0.05, 0) is 121 Å². The number of rotatable bonds is 9. The summed E-state index contributed by atoms with van der Waals surface area (Å²) in [7, 11) is 0. The third-order valence-electron chi connectivity index (χ3n) is 13.1. The van der Waals surface area contributed by atoms with E-state index in [1.165, 1.54) is 11.8 Å². The summed E-state index contributed by atoms with van der Waals surface area (Å²) in [5.74, 6) is -2.03. The van der Waals surface area contributed by atoms with Crippen LogP contribution in [0, 0.1) is 11.7 Å². The Balaban J connectivity index is 0.843. The largest absolute Gasteiger partial charge is 0.508 e. The van der Waals surface area contributed by atoms with Crippen LogP contribution in [0.2, 0.25) is 0 Å². The van der Waals surface area contributed by atoms with E-state index >= 15 is 4.39 Å². The van der Waals surface area contributed by atoms with Gasteiger partial charge >= 0.3 is 0 Å². The molecule has 5 aliphatic heterocycles. The minimum atomic E-state index is -1.09. The zero-order valence-electron chi connectivity index (χ0n) is 33.1. The van der Waals surface area contributed by atoms with E-state index < -0.39 is 35.5 Å². The van der Waals surface area contributed by atoms with Crippen LogP contribution >= 0.6 is 0 Å². The molecule has 4 fully saturated rings. The van der Waals surface area contributed by atoms with Crippen molar-refractivity contribution in [2.75, 3.05) is 42.5 Å². The monoisotopic (exact) mass is 797 g/mol. The van der Waals surface area contributed by atoms with Crippen molar-refractivity contribution in [2.45, 2.75) is 70.0 Å². The minimum Gasteiger partial charge on any atom is -0.508 e. The Kier molecular flexibility index (Phi) is 10.2. The number of phenols is 2. The number of nitrogens with zero attached hydrogens (tertiary/aromatic N) is 4. The van der Waals surface area contributed by atoms with E-state index in [0.717, 1.165) is 90.5 Å². The average Bonchev–Trinajstić information content (AvgIpc) is 3.60. The lowest BCUT2D eigenvalue weighted by Crippen LogP contribution is -2.55. The zero-order chi connectivity index (χ0) is 40.9. The second kappa shape index (κ2) is 15.6. The molecule has 9 rings (SSSR count). The molecule has 2 bridgehead atoms. The molecule has 304 valence electrons. The Bertz CT molecular complexity index is 2320. The summed E-state index contributed by atoms with van der Waals surface area (Å²) in [6, 6.07) is 25.5. The lowest BCUT2D eigenvalue weighted by molar-refractivity contribution is -0.136. The number of allylic oxidation sites excluding steroid dienone is 1. The van der Waals surface area contributed by atoms with Crippen LogP contribution in [0.3, 0.4) is 0 Å². The molecule has 59 heavy (non-hydrogen) atoms. The molecule has 3 unspecified atom stereocenters. The van der Waals surface area contributed by atoms with Gasteiger partial charge in [-0.15, -0.1) is 0 Å². The Morgan fingerprint density at radius 1 is 0.712 bits per heavy atom. The number of carbonyl (C=O) groups is 4. The number of anilines is 2. The standard InChI is InChI=1S/C47H48FN5O6/c1-2-37(29-5-13-35(54)14-6-29)44(31-7-15-36(55)16-8-31)30-3-9-32(10-4-30)50-21-19-28(20-22-50)25-52-33-11-12-34(52)27-51(26-33)42-24-39-38(23-40(42)48)46(58)53(47(39)59)41-17-18-43(56)49-45(41)57/h3-10,13-16,23-24,28,33-34,41,54-55H,2,11-12,17-22,25-27H2,1H3,(H,49,56,57). The first-order valence-electron chi connectivity index (χ1n) is 20.8. The topological polar surface area (TPSA) is 134 Å². The van der Waals surface area contributed by atoms with Gasteiger partial charge in [-0.2, -0.15) is 0 Å². The van der Waals surface area contributed by atoms with E-state index in [0.29, 0.717) is 24.7 Å². The molecule has 5 aliphatic rings. The SMILES string of the molecule is CCC(=C(c1ccc(O)cc1)c1ccc(N2CCC(CN3C4CCC3CN(c3cc5c(cc3F)C(=O)N(C3CCC(=O)NC3=O)C5=O)C4)CC2)cc1)c1ccc(O)cc1. The van der Waals surface area contributed by atoms with Crippen LogP contribution in [0.4, 0.5) is 15.8 Å². The summed E-state index contributed by atoms with van der Waals surface area (Å²) >= 11 is 0. The van der Waals surface area contributed by atoms with Gasteiger partial charge in [0.05, 0.1) is 16.8 Å². The molecule has 11 nitrogen and oxygen atoms in total. The Morgan fingerprint density at radius 2 is 1.27 bits per heavy atom. The molecule has 3 N–H and O–H groups in total. The van der Waals surface area contributed by atoms with Crippen LogP contribution in [-0.4, -0.2) is 94.5 Å². The molecule has 12 heteroatoms. The van der Waals surface area contributed by atoms with Gasteiger partial charge in [-0.3, -0.25) is 34.3 Å². The lowest BCUT2D eigenvalue weighted by atomic mass is 9.88. The quantitative estimate of drug-likeness (QED) is 0.127. The third kappa shape index (κ3) is 7.24. The summed E-state index contributed by atoms with van der Waals surface area (Å²) in [4.78, 5) is 58.9. The van der Waals surface area contributed by atoms with Crippen molar-refractivity contribution in [2.24, 2.45) is 5.92 Å². The fourth-order valence-corrected chi connectivity index (χ4v) is 10.0. The predicted octanol–water partition coefficient (Wildman–Crippen LogP) is 6.58. The molecule has 4 saturated heterocycles. The molecule has 4 aromatic carbocycles. The molecular weight excluding hydrogens is 750 g/mol. The van der Waals surface area contributed by atoms with Crippen molar-refractivity contribution in [3.8, 4) is 11.5 Å². The van der Waals surface area contributed by atoms with E-state index in [1.807, 2.05) is 29.2 Å².